The van der Waals surface area contributed by atoms with Gasteiger partial charge in [0.1, 0.15) is 6.67 Å². The number of nitrogens with one attached hydrogen (secondary N) is 2. The number of nitrogen functional groups attached to an aromatic ring is 1. The number of benzene rings is 2. The van der Waals surface area contributed by atoms with E-state index in [1.54, 1.807) is 12.3 Å². The van der Waals surface area contributed by atoms with Crippen molar-refractivity contribution in [2.75, 3.05) is 11.1 Å². The molecule has 8 nitrogen and oxygen atoms in total. The van der Waals surface area contributed by atoms with Gasteiger partial charge in [-0.3, -0.25) is 10.5 Å². The van der Waals surface area contributed by atoms with Crippen LogP contribution in [0.4, 0.5) is 11.6 Å². The first-order valence-corrected chi connectivity index (χ1v) is 10.8. The number of nitrogens with zero attached hydrogens (tertiary/aromatic N) is 2. The highest BCUT2D eigenvalue weighted by Gasteiger charge is 2.18. The molecular formula is C21H24N5O3S+. The van der Waals surface area contributed by atoms with Crippen LogP contribution in [0.25, 0.3) is 11.3 Å². The normalized spacial score (nSPS) is 11.3. The van der Waals surface area contributed by atoms with Crippen LogP contribution < -0.4 is 20.3 Å². The first kappa shape index (κ1) is 21.4. The highest BCUT2D eigenvalue weighted by atomic mass is 32.2. The highest BCUT2D eigenvalue weighted by molar-refractivity contribution is 7.89. The molecule has 9 heteroatoms. The van der Waals surface area contributed by atoms with Gasteiger partial charge in [0, 0.05) is 24.2 Å². The fourth-order valence-electron chi connectivity index (χ4n) is 2.93. The number of amides is 1. The van der Waals surface area contributed by atoms with E-state index in [4.69, 9.17) is 5.73 Å². The van der Waals surface area contributed by atoms with Crippen LogP contribution in [0.3, 0.4) is 0 Å². The summed E-state index contributed by atoms with van der Waals surface area (Å²) in [7, 11) is -3.76. The van der Waals surface area contributed by atoms with Crippen LogP contribution in [0.2, 0.25) is 0 Å². The van der Waals surface area contributed by atoms with E-state index < -0.39 is 10.0 Å². The minimum atomic E-state index is -3.76. The SMILES string of the molecule is CC(=O)Nc1ccc(S(=O)(=O)NC[n+]2ccc(-c3cccc(C)c3C)nc2N)cc1. The Bertz CT molecular complexity index is 1190. The molecule has 0 bridgehead atoms. The van der Waals surface area contributed by atoms with Crippen molar-refractivity contribution in [1.29, 1.82) is 0 Å². The van der Waals surface area contributed by atoms with Crippen LogP contribution >= 0.6 is 0 Å². The smallest absolute Gasteiger partial charge is 0.326 e. The van der Waals surface area contributed by atoms with Gasteiger partial charge in [-0.05, 0) is 49.2 Å². The quantitative estimate of drug-likeness (QED) is 0.522. The molecule has 0 aliphatic carbocycles. The van der Waals surface area contributed by atoms with E-state index in [1.165, 1.54) is 35.8 Å². The molecule has 0 spiro atoms. The molecule has 1 heterocycles. The summed E-state index contributed by atoms with van der Waals surface area (Å²) in [6.45, 7) is 5.37. The van der Waals surface area contributed by atoms with Gasteiger partial charge < -0.3 is 5.32 Å². The van der Waals surface area contributed by atoms with Crippen LogP contribution in [0.5, 0.6) is 0 Å². The lowest BCUT2D eigenvalue weighted by Crippen LogP contribution is -2.46. The van der Waals surface area contributed by atoms with Gasteiger partial charge in [0.2, 0.25) is 15.9 Å². The first-order valence-electron chi connectivity index (χ1n) is 9.27. The number of rotatable bonds is 6. The van der Waals surface area contributed by atoms with Crippen molar-refractivity contribution in [2.24, 2.45) is 0 Å². The summed E-state index contributed by atoms with van der Waals surface area (Å²) in [6, 6.07) is 13.7. The second kappa shape index (κ2) is 8.60. The van der Waals surface area contributed by atoms with Crippen molar-refractivity contribution < 1.29 is 17.8 Å². The Balaban J connectivity index is 1.75. The van der Waals surface area contributed by atoms with E-state index in [0.717, 1.165) is 22.4 Å². The summed E-state index contributed by atoms with van der Waals surface area (Å²) >= 11 is 0. The standard InChI is InChI=1S/C21H23N5O3S/c1-14-5-4-6-19(15(14)2)20-11-12-26(21(22)25-20)13-23-30(28,29)18-9-7-17(8-10-18)24-16(3)27/h4-12,22-23H,13H2,1-3H3,(H,24,27)/p+1. The average molecular weight is 427 g/mol. The molecule has 1 aromatic heterocycles. The summed E-state index contributed by atoms with van der Waals surface area (Å²) in [5, 5.41) is 2.59. The van der Waals surface area contributed by atoms with Gasteiger partial charge in [0.05, 0.1) is 11.1 Å². The van der Waals surface area contributed by atoms with Gasteiger partial charge >= 0.3 is 5.95 Å². The second-order valence-electron chi connectivity index (χ2n) is 6.90. The number of sulfonamides is 1. The van der Waals surface area contributed by atoms with Crippen molar-refractivity contribution >= 4 is 27.6 Å². The molecule has 0 aliphatic rings. The lowest BCUT2D eigenvalue weighted by molar-refractivity contribution is -0.687. The largest absolute Gasteiger partial charge is 0.390 e. The number of hydrogen-bond donors (Lipinski definition) is 3. The maximum absolute atomic E-state index is 12.5. The first-order chi connectivity index (χ1) is 14.2. The minimum Gasteiger partial charge on any atom is -0.326 e. The number of anilines is 2. The molecule has 0 saturated heterocycles. The zero-order chi connectivity index (χ0) is 21.9. The van der Waals surface area contributed by atoms with Gasteiger partial charge in [-0.1, -0.05) is 23.2 Å². The Kier molecular flexibility index (Phi) is 6.14. The Morgan fingerprint density at radius 3 is 2.43 bits per heavy atom. The fraction of sp³-hybridized carbons (Fsp3) is 0.190. The molecule has 0 saturated carbocycles. The van der Waals surface area contributed by atoms with Gasteiger partial charge in [-0.25, -0.2) is 13.0 Å². The van der Waals surface area contributed by atoms with E-state index in [2.05, 4.69) is 15.0 Å². The minimum absolute atomic E-state index is 0.0678. The number of carbonyl (C=O) groups excluding carboxylic acids is 1. The molecule has 3 aromatic rings. The van der Waals surface area contributed by atoms with Crippen molar-refractivity contribution in [3.8, 4) is 11.3 Å². The summed E-state index contributed by atoms with van der Waals surface area (Å²) in [5.74, 6) is -0.0375. The van der Waals surface area contributed by atoms with Gasteiger partial charge in [-0.2, -0.15) is 4.72 Å². The van der Waals surface area contributed by atoms with Crippen LogP contribution in [0, 0.1) is 13.8 Å². The van der Waals surface area contributed by atoms with Gasteiger partial charge in [0.15, 0.2) is 5.69 Å². The predicted octanol–water partition coefficient (Wildman–Crippen LogP) is 2.13. The molecule has 0 radical (unpaired) electrons. The Hall–Kier alpha value is -3.30. The Morgan fingerprint density at radius 2 is 1.80 bits per heavy atom. The maximum atomic E-state index is 12.5. The molecule has 2 aromatic carbocycles. The maximum Gasteiger partial charge on any atom is 0.390 e. The molecule has 30 heavy (non-hydrogen) atoms. The summed E-state index contributed by atoms with van der Waals surface area (Å²) in [5.41, 5.74) is 10.6. The van der Waals surface area contributed by atoms with Crippen molar-refractivity contribution in [3.05, 3.63) is 65.9 Å². The number of carbonyl (C=O) groups is 1. The Labute approximate surface area is 175 Å². The topological polar surface area (TPSA) is 118 Å². The molecule has 0 unspecified atom stereocenters. The molecule has 0 atom stereocenters. The third kappa shape index (κ3) is 4.81. The van der Waals surface area contributed by atoms with Crippen LogP contribution in [-0.4, -0.2) is 19.3 Å². The number of aryl methyl sites for hydroxylation is 1. The van der Waals surface area contributed by atoms with Gasteiger partial charge in [0.25, 0.3) is 0 Å². The number of nitrogens with two attached hydrogens (primary N) is 1. The molecule has 1 amide bonds. The fourth-order valence-corrected chi connectivity index (χ4v) is 3.90. The van der Waals surface area contributed by atoms with E-state index in [9.17, 15) is 13.2 Å². The lowest BCUT2D eigenvalue weighted by Gasteiger charge is -2.10. The molecule has 0 aliphatic heterocycles. The zero-order valence-electron chi connectivity index (χ0n) is 17.0. The lowest BCUT2D eigenvalue weighted by atomic mass is 10.0. The molecule has 3 rings (SSSR count). The van der Waals surface area contributed by atoms with Gasteiger partial charge in [-0.15, -0.1) is 0 Å². The predicted molar refractivity (Wildman–Crippen MR) is 115 cm³/mol. The molecule has 4 N–H and O–H groups in total. The molecule has 0 fully saturated rings. The van der Waals surface area contributed by atoms with Crippen molar-refractivity contribution in [2.45, 2.75) is 32.3 Å². The van der Waals surface area contributed by atoms with E-state index >= 15 is 0 Å². The van der Waals surface area contributed by atoms with Crippen LogP contribution in [-0.2, 0) is 21.5 Å². The van der Waals surface area contributed by atoms with E-state index in [1.807, 2.05) is 32.0 Å². The average Bonchev–Trinajstić information content (AvgIpc) is 2.69. The second-order valence-corrected chi connectivity index (χ2v) is 8.67. The number of aromatic nitrogens is 2. The highest BCUT2D eigenvalue weighted by Crippen LogP contribution is 2.23. The monoisotopic (exact) mass is 426 g/mol. The van der Waals surface area contributed by atoms with Crippen molar-refractivity contribution in [3.63, 3.8) is 0 Å². The van der Waals surface area contributed by atoms with E-state index in [0.29, 0.717) is 5.69 Å². The third-order valence-corrected chi connectivity index (χ3v) is 6.13. The Morgan fingerprint density at radius 1 is 1.10 bits per heavy atom. The summed E-state index contributed by atoms with van der Waals surface area (Å²) < 4.78 is 29.1. The number of hydrogen-bond acceptors (Lipinski definition) is 5. The summed E-state index contributed by atoms with van der Waals surface area (Å²) in [4.78, 5) is 15.6. The molecule has 156 valence electrons. The van der Waals surface area contributed by atoms with Crippen LogP contribution in [0.15, 0.2) is 59.6 Å². The summed E-state index contributed by atoms with van der Waals surface area (Å²) in [6.07, 6.45) is 1.70. The third-order valence-electron chi connectivity index (χ3n) is 4.73. The van der Waals surface area contributed by atoms with Crippen LogP contribution in [0.1, 0.15) is 18.1 Å². The van der Waals surface area contributed by atoms with E-state index in [-0.39, 0.29) is 23.4 Å². The van der Waals surface area contributed by atoms with Crippen molar-refractivity contribution in [1.82, 2.24) is 9.71 Å². The zero-order valence-corrected chi connectivity index (χ0v) is 17.8. The molecular weight excluding hydrogens is 402 g/mol.